The van der Waals surface area contributed by atoms with Crippen molar-refractivity contribution in [2.75, 3.05) is 26.8 Å². The number of aromatic hydroxyl groups is 8. The molecule has 2 saturated carbocycles. The number of carboxylic acid groups (broad SMARTS) is 2. The van der Waals surface area contributed by atoms with E-state index >= 15 is 0 Å². The van der Waals surface area contributed by atoms with Gasteiger partial charge < -0.3 is 79.5 Å². The van der Waals surface area contributed by atoms with Gasteiger partial charge in [0.15, 0.2) is 13.2 Å². The van der Waals surface area contributed by atoms with Gasteiger partial charge >= 0.3 is 11.9 Å². The minimum atomic E-state index is -1.18. The van der Waals surface area contributed by atoms with E-state index in [2.05, 4.69) is 62.4 Å². The number of rotatable bonds is 32. The summed E-state index contributed by atoms with van der Waals surface area (Å²) >= 11 is 0. The fourth-order valence-electron chi connectivity index (χ4n) is 23.1. The fraction of sp³-hybridized carbons (Fsp3) is 0.361. The second-order valence-corrected chi connectivity index (χ2v) is 40.5. The lowest BCUT2D eigenvalue weighted by molar-refractivity contribution is -0.140. The first kappa shape index (κ1) is 101. The van der Waals surface area contributed by atoms with Crippen LogP contribution in [0.25, 0.3) is 0 Å². The highest BCUT2D eigenvalue weighted by atomic mass is 16.7. The number of phenolic OH excluding ortho intramolecular Hbond substituents is 8. The van der Waals surface area contributed by atoms with Crippen LogP contribution in [0.2, 0.25) is 0 Å². The van der Waals surface area contributed by atoms with Crippen molar-refractivity contribution in [1.29, 1.82) is 0 Å². The normalized spacial score (nSPS) is 16.2. The molecule has 2 aliphatic carbocycles. The summed E-state index contributed by atoms with van der Waals surface area (Å²) in [6.07, 6.45) is 5.00. The average molecular weight is 1880 g/mol. The highest BCUT2D eigenvalue weighted by molar-refractivity contribution is 5.72. The monoisotopic (exact) mass is 1880 g/mol. The highest BCUT2D eigenvalue weighted by Crippen LogP contribution is 2.62. The summed E-state index contributed by atoms with van der Waals surface area (Å²) in [5.41, 5.74) is 24.8. The lowest BCUT2D eigenvalue weighted by Crippen LogP contribution is -2.43. The van der Waals surface area contributed by atoms with Crippen molar-refractivity contribution < 1.29 is 98.7 Å². The third kappa shape index (κ3) is 19.8. The highest BCUT2D eigenvalue weighted by Gasteiger charge is 2.51. The molecule has 2 aliphatic rings. The Hall–Kier alpha value is -13.9. The van der Waals surface area contributed by atoms with Crippen LogP contribution >= 0.6 is 0 Å². The van der Waals surface area contributed by atoms with Crippen LogP contribution < -0.4 is 18.9 Å². The molecule has 10 N–H and O–H groups in total. The molecule has 20 heteroatoms. The molecule has 12 aromatic carbocycles. The van der Waals surface area contributed by atoms with Gasteiger partial charge in [-0.25, -0.2) is 9.59 Å². The maximum absolute atomic E-state index is 13.0. The van der Waals surface area contributed by atoms with Gasteiger partial charge in [-0.15, -0.1) is 0 Å². The van der Waals surface area contributed by atoms with Crippen molar-refractivity contribution in [2.45, 2.75) is 238 Å². The van der Waals surface area contributed by atoms with E-state index in [4.69, 9.17) is 28.4 Å². The Balaban J connectivity index is 1.00. The number of phenols is 8. The third-order valence-electron chi connectivity index (χ3n) is 31.0. The van der Waals surface area contributed by atoms with Crippen LogP contribution in [0, 0.1) is 156 Å². The zero-order chi connectivity index (χ0) is 101. The molecule has 12 aromatic rings. The zero-order valence-corrected chi connectivity index (χ0v) is 84.0. The lowest BCUT2D eigenvalue weighted by Gasteiger charge is -2.52. The first-order valence-electron chi connectivity index (χ1n) is 47.8. The summed E-state index contributed by atoms with van der Waals surface area (Å²) < 4.78 is 37.7. The standard InChI is InChI=1S/C119H132O20/c1-61-43-99(122)69(9)35-87(61)109(88-36-70(10)100(123)44-62(88)2)95-51-83(31-77(17)113(95)136-55-107(130)131)118(85-33-79(19)115(138-59-134-57-120)97(53-85)111(91-39-73(13)103(126)47-65(91)5)92-40-74(14)104(127)48-66(92)6)27-23-81(24-28-118)117(21,22)82-25-29-119(30-26-82,84-32-78(18)114(137-56-108(132)133)96(52-84)110(89-37-71(11)101(124)45-63(89)3)90-38-72(12)102(125)46-64(90)4)86-34-80(20)116(139-60-135-58-121)98(54-86)112(93-41-75(15)105(128)49-67(93)7)94-42-76(16)106(129)50-68(94)8/h31-54,57-58,81-82,109-112,122-129H,23-30,55-56,59-60H2,1-22H3,(H,130,131)(H,132,133). The Bertz CT molecular complexity index is 6190. The van der Waals surface area contributed by atoms with Crippen molar-refractivity contribution in [3.05, 3.63) is 346 Å². The molecule has 0 heterocycles. The summed E-state index contributed by atoms with van der Waals surface area (Å²) in [5, 5.41) is 113. The largest absolute Gasteiger partial charge is 0.508 e. The van der Waals surface area contributed by atoms with Crippen molar-refractivity contribution in [3.63, 3.8) is 0 Å². The van der Waals surface area contributed by atoms with Gasteiger partial charge in [-0.1, -0.05) is 111 Å². The minimum Gasteiger partial charge on any atom is -0.508 e. The number of hydrogen-bond donors (Lipinski definition) is 10. The predicted molar refractivity (Wildman–Crippen MR) is 540 cm³/mol. The molecule has 0 bridgehead atoms. The Kier molecular flexibility index (Phi) is 29.3. The molecular formula is C119H132O20. The van der Waals surface area contributed by atoms with E-state index in [9.17, 15) is 70.2 Å². The molecule has 20 nitrogen and oxygen atoms in total. The number of ether oxygens (including phenoxy) is 6. The summed E-state index contributed by atoms with van der Waals surface area (Å²) in [4.78, 5) is 50.5. The SMILES string of the molecule is Cc1cc(C(c2cc(C)c(O)cc2C)c2cc(C3(c4cc(C)c(OCC(=O)O)c(C(c5cc(C)c(O)cc5C)c5cc(C)c(O)cc5C)c4)CCC(C(C)(C)C4CCC(c5cc(C)c(OCOC=O)c(C(c6cc(C)c(O)cc6C)c6cc(C)c(O)cc6C)c5)(c5cc(C)c(OCC(=O)O)c(C(c6cc(C)c(O)cc6C)c6cc(C)c(O)cc6C)c5)CC4)CC3)cc(C)c2OCOC=O)c(C)cc1O. The Morgan fingerprint density at radius 3 is 0.626 bits per heavy atom. The molecule has 0 radical (unpaired) electrons. The average Bonchev–Trinajstić information content (AvgIpc) is 0.724. The molecule has 0 spiro atoms. The van der Waals surface area contributed by atoms with Crippen LogP contribution in [0.1, 0.15) is 289 Å². The second kappa shape index (κ2) is 40.3. The van der Waals surface area contributed by atoms with Gasteiger partial charge in [0.05, 0.1) is 0 Å². The Morgan fingerprint density at radius 1 is 0.273 bits per heavy atom. The molecule has 14 rings (SSSR count). The van der Waals surface area contributed by atoms with E-state index in [-0.39, 0.29) is 57.8 Å². The molecule has 2 fully saturated rings. The quantitative estimate of drug-likeness (QED) is 0.00810. The third-order valence-corrected chi connectivity index (χ3v) is 31.0. The molecule has 139 heavy (non-hydrogen) atoms. The van der Waals surface area contributed by atoms with E-state index in [0.717, 1.165) is 134 Å². The van der Waals surface area contributed by atoms with Gasteiger partial charge in [0.2, 0.25) is 13.6 Å². The Labute approximate surface area is 815 Å². The van der Waals surface area contributed by atoms with Gasteiger partial charge in [-0.05, 0) is 434 Å². The molecule has 0 saturated heterocycles. The van der Waals surface area contributed by atoms with Crippen molar-refractivity contribution in [3.8, 4) is 69.0 Å². The van der Waals surface area contributed by atoms with E-state index < -0.39 is 78.7 Å². The molecule has 0 aromatic heterocycles. The number of carboxylic acids is 2. The number of carbonyl (C=O) groups is 4. The fourth-order valence-corrected chi connectivity index (χ4v) is 23.1. The Morgan fingerprint density at radius 2 is 0.453 bits per heavy atom. The minimum absolute atomic E-state index is 0.0550. The summed E-state index contributed by atoms with van der Waals surface area (Å²) in [6.45, 7) is 41.7. The second-order valence-electron chi connectivity index (χ2n) is 40.5. The smallest absolute Gasteiger partial charge is 0.341 e. The van der Waals surface area contributed by atoms with Crippen LogP contribution in [0.15, 0.2) is 146 Å². The number of aliphatic carboxylic acids is 2. The maximum Gasteiger partial charge on any atom is 0.341 e. The van der Waals surface area contributed by atoms with Gasteiger partial charge in [0.25, 0.3) is 12.9 Å². The number of aryl methyl sites for hydroxylation is 20. The van der Waals surface area contributed by atoms with Crippen LogP contribution in [-0.4, -0.2) is 103 Å². The van der Waals surface area contributed by atoms with Gasteiger partial charge in [0.1, 0.15) is 69.0 Å². The molecule has 0 unspecified atom stereocenters. The van der Waals surface area contributed by atoms with Crippen molar-refractivity contribution >= 4 is 24.9 Å². The predicted octanol–water partition coefficient (Wildman–Crippen LogP) is 24.8. The van der Waals surface area contributed by atoms with E-state index in [1.54, 1.807) is 48.5 Å². The molecule has 0 aliphatic heterocycles. The number of benzene rings is 12. The summed E-state index contributed by atoms with van der Waals surface area (Å²) in [7, 11) is 0. The molecule has 0 amide bonds. The van der Waals surface area contributed by atoms with E-state index in [1.165, 1.54) is 0 Å². The zero-order valence-electron chi connectivity index (χ0n) is 84.0. The summed E-state index contributed by atoms with van der Waals surface area (Å²) in [6, 6.07) is 47.5. The van der Waals surface area contributed by atoms with Gasteiger partial charge in [-0.2, -0.15) is 0 Å². The first-order valence-corrected chi connectivity index (χ1v) is 47.8. The number of carbonyl (C=O) groups excluding carboxylic acids is 2. The van der Waals surface area contributed by atoms with Gasteiger partial charge in [0, 0.05) is 56.8 Å². The molecule has 0 atom stereocenters. The van der Waals surface area contributed by atoms with Crippen LogP contribution in [0.3, 0.4) is 0 Å². The van der Waals surface area contributed by atoms with Crippen molar-refractivity contribution in [2.24, 2.45) is 17.3 Å². The van der Waals surface area contributed by atoms with Crippen LogP contribution in [-0.2, 0) is 39.5 Å². The van der Waals surface area contributed by atoms with E-state index in [1.807, 2.05) is 187 Å². The lowest BCUT2D eigenvalue weighted by atomic mass is 9.52. The van der Waals surface area contributed by atoms with Crippen LogP contribution in [0.5, 0.6) is 69.0 Å². The van der Waals surface area contributed by atoms with Crippen LogP contribution in [0.4, 0.5) is 0 Å². The van der Waals surface area contributed by atoms with Crippen molar-refractivity contribution in [1.82, 2.24) is 0 Å². The molecular weight excluding hydrogens is 1750 g/mol. The van der Waals surface area contributed by atoms with Gasteiger partial charge in [-0.3, -0.25) is 9.59 Å². The summed E-state index contributed by atoms with van der Waals surface area (Å²) in [5.74, 6) is -2.40. The first-order chi connectivity index (χ1) is 65.7. The molecule has 728 valence electrons. The number of hydrogen-bond acceptors (Lipinski definition) is 18. The maximum atomic E-state index is 13.0. The topological polar surface area (TPSA) is 326 Å². The van der Waals surface area contributed by atoms with E-state index in [0.29, 0.717) is 154 Å².